The maximum absolute atomic E-state index is 12.1. The number of hydrogen-bond donors (Lipinski definition) is 2. The third kappa shape index (κ3) is 3.41. The molecule has 1 aromatic heterocycles. The fourth-order valence-electron chi connectivity index (χ4n) is 3.06. The molecule has 3 amide bonds. The molecule has 2 N–H and O–H groups in total. The van der Waals surface area contributed by atoms with Crippen molar-refractivity contribution in [1.29, 1.82) is 0 Å². The molecule has 0 bridgehead atoms. The normalized spacial score (nSPS) is 14.4. The van der Waals surface area contributed by atoms with Gasteiger partial charge in [0.05, 0.1) is 20.2 Å². The highest BCUT2D eigenvalue weighted by molar-refractivity contribution is 6.02. The van der Waals surface area contributed by atoms with Gasteiger partial charge in [-0.2, -0.15) is 0 Å². The molecular weight excluding hydrogens is 336 g/mol. The van der Waals surface area contributed by atoms with Gasteiger partial charge in [0.15, 0.2) is 0 Å². The second-order valence-electron chi connectivity index (χ2n) is 6.54. The molecule has 2 heterocycles. The second kappa shape index (κ2) is 7.17. The Morgan fingerprint density at radius 2 is 2.08 bits per heavy atom. The number of carbonyl (C=O) groups is 3. The molecule has 1 saturated heterocycles. The molecule has 1 aliphatic rings. The maximum Gasteiger partial charge on any atom is 0.354 e. The number of urea groups is 1. The van der Waals surface area contributed by atoms with E-state index in [9.17, 15) is 14.4 Å². The highest BCUT2D eigenvalue weighted by atomic mass is 16.5. The minimum absolute atomic E-state index is 0.0335. The fourth-order valence-corrected chi connectivity index (χ4v) is 3.06. The average molecular weight is 358 g/mol. The predicted octanol–water partition coefficient (Wildman–Crippen LogP) is 1.11. The Morgan fingerprint density at radius 1 is 1.31 bits per heavy atom. The first-order valence-electron chi connectivity index (χ1n) is 8.35. The van der Waals surface area contributed by atoms with Crippen LogP contribution in [0.15, 0.2) is 18.2 Å². The Balaban J connectivity index is 1.98. The van der Waals surface area contributed by atoms with Crippen LogP contribution in [0.4, 0.5) is 4.79 Å². The summed E-state index contributed by atoms with van der Waals surface area (Å²) in [6.45, 7) is 1.01. The van der Waals surface area contributed by atoms with Gasteiger partial charge in [-0.15, -0.1) is 0 Å². The van der Waals surface area contributed by atoms with Crippen molar-refractivity contribution < 1.29 is 19.1 Å². The van der Waals surface area contributed by atoms with Crippen LogP contribution in [0.5, 0.6) is 0 Å². The van der Waals surface area contributed by atoms with E-state index in [1.54, 1.807) is 0 Å². The summed E-state index contributed by atoms with van der Waals surface area (Å²) in [5.41, 5.74) is 2.96. The van der Waals surface area contributed by atoms with Gasteiger partial charge in [-0.25, -0.2) is 9.59 Å². The van der Waals surface area contributed by atoms with Gasteiger partial charge in [-0.1, -0.05) is 6.07 Å². The second-order valence-corrected chi connectivity index (χ2v) is 6.54. The zero-order valence-corrected chi connectivity index (χ0v) is 15.1. The molecule has 0 aliphatic carbocycles. The Kier molecular flexibility index (Phi) is 4.94. The molecule has 138 valence electrons. The summed E-state index contributed by atoms with van der Waals surface area (Å²) >= 11 is 0. The minimum atomic E-state index is -0.411. The number of ether oxygens (including phenoxy) is 1. The number of aromatic nitrogens is 1. The number of rotatable bonds is 6. The summed E-state index contributed by atoms with van der Waals surface area (Å²) < 4.78 is 4.89. The van der Waals surface area contributed by atoms with Crippen LogP contribution < -0.4 is 5.32 Å². The number of benzene rings is 1. The summed E-state index contributed by atoms with van der Waals surface area (Å²) in [6, 6.07) is 5.23. The van der Waals surface area contributed by atoms with Gasteiger partial charge >= 0.3 is 12.0 Å². The number of aromatic amines is 1. The van der Waals surface area contributed by atoms with Crippen LogP contribution in [-0.4, -0.2) is 67.0 Å². The Bertz CT molecular complexity index is 855. The lowest BCUT2D eigenvalue weighted by molar-refractivity contribution is -0.125. The van der Waals surface area contributed by atoms with Gasteiger partial charge in [0, 0.05) is 17.4 Å². The van der Waals surface area contributed by atoms with E-state index in [1.807, 2.05) is 37.2 Å². The summed E-state index contributed by atoms with van der Waals surface area (Å²) in [5.74, 6) is -0.655. The van der Waals surface area contributed by atoms with Crippen LogP contribution in [0.3, 0.4) is 0 Å². The molecule has 0 radical (unpaired) electrons. The highest BCUT2D eigenvalue weighted by Gasteiger charge is 2.28. The standard InChI is InChI=1S/C18H22N4O4/c1-21(2)7-6-12-13-8-11(10-22-15(23)9-19-18(22)25)4-5-14(13)20-16(12)17(24)26-3/h4-5,8,20H,6-7,9-10H2,1-3H3,(H,19,25). The monoisotopic (exact) mass is 358 g/mol. The molecule has 0 saturated carbocycles. The van der Waals surface area contributed by atoms with Crippen molar-refractivity contribution >= 4 is 28.8 Å². The van der Waals surface area contributed by atoms with Crippen molar-refractivity contribution in [2.75, 3.05) is 34.3 Å². The highest BCUT2D eigenvalue weighted by Crippen LogP contribution is 2.26. The molecule has 0 spiro atoms. The van der Waals surface area contributed by atoms with E-state index in [4.69, 9.17) is 4.74 Å². The summed E-state index contributed by atoms with van der Waals surface area (Å²) in [4.78, 5) is 42.0. The maximum atomic E-state index is 12.1. The fraction of sp³-hybridized carbons (Fsp3) is 0.389. The van der Waals surface area contributed by atoms with Crippen LogP contribution in [0.25, 0.3) is 10.9 Å². The largest absolute Gasteiger partial charge is 0.464 e. The SMILES string of the molecule is COC(=O)c1[nH]c2ccc(CN3C(=O)CNC3=O)cc2c1CCN(C)C. The minimum Gasteiger partial charge on any atom is -0.464 e. The Hall–Kier alpha value is -2.87. The summed E-state index contributed by atoms with van der Waals surface area (Å²) in [6.07, 6.45) is 0.671. The van der Waals surface area contributed by atoms with E-state index in [2.05, 4.69) is 10.3 Å². The smallest absolute Gasteiger partial charge is 0.354 e. The first kappa shape index (κ1) is 17.9. The van der Waals surface area contributed by atoms with E-state index >= 15 is 0 Å². The van der Waals surface area contributed by atoms with Crippen LogP contribution >= 0.6 is 0 Å². The number of hydrogen-bond acceptors (Lipinski definition) is 5. The van der Waals surface area contributed by atoms with Gasteiger partial charge in [-0.05, 0) is 43.8 Å². The quantitative estimate of drug-likeness (QED) is 0.596. The van der Waals surface area contributed by atoms with Crippen LogP contribution in [0, 0.1) is 0 Å². The van der Waals surface area contributed by atoms with E-state index in [1.165, 1.54) is 12.0 Å². The third-order valence-electron chi connectivity index (χ3n) is 4.45. The average Bonchev–Trinajstić information content (AvgIpc) is 3.13. The van der Waals surface area contributed by atoms with E-state index in [0.717, 1.165) is 28.6 Å². The van der Waals surface area contributed by atoms with Gasteiger partial charge < -0.3 is 19.9 Å². The lowest BCUT2D eigenvalue weighted by Crippen LogP contribution is -2.30. The molecule has 0 unspecified atom stereocenters. The van der Waals surface area contributed by atoms with Crippen molar-refractivity contribution in [2.45, 2.75) is 13.0 Å². The molecule has 0 atom stereocenters. The number of nitrogens with one attached hydrogen (secondary N) is 2. The van der Waals surface area contributed by atoms with E-state index < -0.39 is 5.97 Å². The topological polar surface area (TPSA) is 94.7 Å². The zero-order valence-electron chi connectivity index (χ0n) is 15.1. The van der Waals surface area contributed by atoms with E-state index in [0.29, 0.717) is 12.1 Å². The van der Waals surface area contributed by atoms with Crippen LogP contribution in [0.2, 0.25) is 0 Å². The number of carbonyl (C=O) groups excluding carboxylic acids is 3. The Labute approximate surface area is 151 Å². The van der Waals surface area contributed by atoms with E-state index in [-0.39, 0.29) is 25.0 Å². The number of esters is 1. The number of amides is 3. The number of methoxy groups -OCH3 is 1. The molecule has 1 aromatic carbocycles. The third-order valence-corrected chi connectivity index (χ3v) is 4.45. The van der Waals surface area contributed by atoms with Gasteiger partial charge in [-0.3, -0.25) is 9.69 Å². The van der Waals surface area contributed by atoms with Crippen LogP contribution in [-0.2, 0) is 22.5 Å². The number of nitrogens with zero attached hydrogens (tertiary/aromatic N) is 2. The van der Waals surface area contributed by atoms with Gasteiger partial charge in [0.1, 0.15) is 5.69 Å². The van der Waals surface area contributed by atoms with Crippen molar-refractivity contribution in [3.05, 3.63) is 35.0 Å². The first-order valence-corrected chi connectivity index (χ1v) is 8.35. The molecule has 2 aromatic rings. The first-order chi connectivity index (χ1) is 12.4. The van der Waals surface area contributed by atoms with Gasteiger partial charge in [0.25, 0.3) is 0 Å². The van der Waals surface area contributed by atoms with Crippen molar-refractivity contribution in [3.63, 3.8) is 0 Å². The lowest BCUT2D eigenvalue weighted by Gasteiger charge is -2.13. The summed E-state index contributed by atoms with van der Waals surface area (Å²) in [7, 11) is 5.29. The molecular formula is C18H22N4O4. The van der Waals surface area contributed by atoms with Crippen LogP contribution in [0.1, 0.15) is 21.6 Å². The number of H-pyrrole nitrogens is 1. The lowest BCUT2D eigenvalue weighted by atomic mass is 10.0. The Morgan fingerprint density at radius 3 is 2.69 bits per heavy atom. The predicted molar refractivity (Wildman–Crippen MR) is 95.8 cm³/mol. The number of fused-ring (bicyclic) bond motifs is 1. The molecule has 3 rings (SSSR count). The zero-order chi connectivity index (χ0) is 18.8. The molecule has 26 heavy (non-hydrogen) atoms. The molecule has 8 nitrogen and oxygen atoms in total. The van der Waals surface area contributed by atoms with Crippen molar-refractivity contribution in [1.82, 2.24) is 20.1 Å². The molecule has 1 fully saturated rings. The molecule has 1 aliphatic heterocycles. The van der Waals surface area contributed by atoms with Gasteiger partial charge in [0.2, 0.25) is 5.91 Å². The number of imide groups is 1. The summed E-state index contributed by atoms with van der Waals surface area (Å²) in [5, 5.41) is 3.41. The van der Waals surface area contributed by atoms with Crippen molar-refractivity contribution in [2.24, 2.45) is 0 Å². The molecule has 8 heteroatoms. The van der Waals surface area contributed by atoms with Crippen molar-refractivity contribution in [3.8, 4) is 0 Å². The number of likely N-dealkylation sites (N-methyl/N-ethyl adjacent to an activating group) is 1.